The number of rotatable bonds is 8. The molecule has 17 heavy (non-hydrogen) atoms. The Morgan fingerprint density at radius 3 is 1.41 bits per heavy atom. The molecule has 0 spiro atoms. The van der Waals surface area contributed by atoms with Crippen LogP contribution in [0.4, 0.5) is 0 Å². The minimum absolute atomic E-state index is 0.205. The van der Waals surface area contributed by atoms with Gasteiger partial charge in [0.25, 0.3) is 0 Å². The molecule has 0 radical (unpaired) electrons. The molecular weight excluding hydrogens is 228 g/mol. The minimum Gasteiger partial charge on any atom is -0.380 e. The molecule has 0 amide bonds. The summed E-state index contributed by atoms with van der Waals surface area (Å²) in [5.74, 6) is -0.411. The van der Waals surface area contributed by atoms with Crippen LogP contribution < -0.4 is 0 Å². The lowest BCUT2D eigenvalue weighted by molar-refractivity contribution is -0.529. The maximum Gasteiger partial charge on any atom is 0.215 e. The van der Waals surface area contributed by atoms with Crippen molar-refractivity contribution < 1.29 is 14.6 Å². The molecule has 7 nitrogen and oxygen atoms in total. The van der Waals surface area contributed by atoms with Crippen LogP contribution in [0.15, 0.2) is 0 Å². The molecule has 0 saturated carbocycles. The highest BCUT2D eigenvalue weighted by Gasteiger charge is 2.25. The summed E-state index contributed by atoms with van der Waals surface area (Å²) in [5, 5.41) is 21.0. The maximum atomic E-state index is 10.5. The van der Waals surface area contributed by atoms with Crippen molar-refractivity contribution in [3.63, 3.8) is 0 Å². The van der Waals surface area contributed by atoms with Crippen LogP contribution in [0.25, 0.3) is 0 Å². The van der Waals surface area contributed by atoms with E-state index in [9.17, 15) is 20.2 Å². The van der Waals surface area contributed by atoms with E-state index in [0.717, 1.165) is 0 Å². The SMILES string of the molecule is CC(COCC(C)C(C)[N+](=O)[O-])C(C)[N+](=O)[O-]. The van der Waals surface area contributed by atoms with Crippen LogP contribution in [0, 0.1) is 32.1 Å². The van der Waals surface area contributed by atoms with Gasteiger partial charge in [0, 0.05) is 35.5 Å². The van der Waals surface area contributed by atoms with Gasteiger partial charge in [-0.3, -0.25) is 20.2 Å². The van der Waals surface area contributed by atoms with Gasteiger partial charge in [0.05, 0.1) is 13.2 Å². The molecule has 0 aliphatic heterocycles. The molecule has 4 unspecified atom stereocenters. The van der Waals surface area contributed by atoms with Gasteiger partial charge in [-0.25, -0.2) is 0 Å². The van der Waals surface area contributed by atoms with Crippen LogP contribution >= 0.6 is 0 Å². The largest absolute Gasteiger partial charge is 0.380 e. The molecule has 0 aromatic heterocycles. The molecule has 0 aliphatic rings. The Morgan fingerprint density at radius 2 is 1.18 bits per heavy atom. The van der Waals surface area contributed by atoms with Crippen LogP contribution in [0.3, 0.4) is 0 Å². The van der Waals surface area contributed by atoms with E-state index in [1.165, 1.54) is 13.8 Å². The Labute approximate surface area is 100 Å². The van der Waals surface area contributed by atoms with E-state index < -0.39 is 12.1 Å². The van der Waals surface area contributed by atoms with Gasteiger partial charge >= 0.3 is 0 Å². The molecule has 7 heteroatoms. The zero-order chi connectivity index (χ0) is 13.6. The van der Waals surface area contributed by atoms with Gasteiger partial charge in [0.2, 0.25) is 12.1 Å². The molecule has 0 N–H and O–H groups in total. The van der Waals surface area contributed by atoms with Gasteiger partial charge in [-0.05, 0) is 0 Å². The topological polar surface area (TPSA) is 95.5 Å². The first kappa shape index (κ1) is 15.8. The highest BCUT2D eigenvalue weighted by Crippen LogP contribution is 2.10. The van der Waals surface area contributed by atoms with Gasteiger partial charge in [-0.1, -0.05) is 13.8 Å². The van der Waals surface area contributed by atoms with Crippen molar-refractivity contribution in [2.75, 3.05) is 13.2 Å². The maximum absolute atomic E-state index is 10.5. The Balaban J connectivity index is 3.91. The molecule has 0 saturated heterocycles. The van der Waals surface area contributed by atoms with Gasteiger partial charge in [-0.15, -0.1) is 0 Å². The molecule has 4 atom stereocenters. The number of hydrogen-bond acceptors (Lipinski definition) is 5. The van der Waals surface area contributed by atoms with E-state index in [-0.39, 0.29) is 34.9 Å². The van der Waals surface area contributed by atoms with Crippen molar-refractivity contribution in [3.8, 4) is 0 Å². The fourth-order valence-electron chi connectivity index (χ4n) is 1.13. The van der Waals surface area contributed by atoms with Crippen LogP contribution in [0.5, 0.6) is 0 Å². The van der Waals surface area contributed by atoms with Crippen molar-refractivity contribution in [3.05, 3.63) is 20.2 Å². The summed E-state index contributed by atoms with van der Waals surface area (Å²) in [6.07, 6.45) is 0. The molecule has 0 aromatic rings. The van der Waals surface area contributed by atoms with Gasteiger partial charge < -0.3 is 4.74 Å². The standard InChI is InChI=1S/C10H20N2O5/c1-7(9(3)11(13)14)5-17-6-8(2)10(4)12(15)16/h7-10H,5-6H2,1-4H3. The van der Waals surface area contributed by atoms with E-state index in [1.807, 2.05) is 0 Å². The summed E-state index contributed by atoms with van der Waals surface area (Å²) >= 11 is 0. The second-order valence-electron chi connectivity index (χ2n) is 4.54. The Bertz CT molecular complexity index is 245. The van der Waals surface area contributed by atoms with E-state index in [2.05, 4.69) is 0 Å². The Morgan fingerprint density at radius 1 is 0.882 bits per heavy atom. The third kappa shape index (κ3) is 5.58. The van der Waals surface area contributed by atoms with Crippen molar-refractivity contribution in [2.45, 2.75) is 39.8 Å². The lowest BCUT2D eigenvalue weighted by Gasteiger charge is -2.16. The fraction of sp³-hybridized carbons (Fsp3) is 1.00. The number of hydrogen-bond donors (Lipinski definition) is 0. The molecule has 0 fully saturated rings. The second-order valence-corrected chi connectivity index (χ2v) is 4.54. The van der Waals surface area contributed by atoms with Crippen molar-refractivity contribution in [1.82, 2.24) is 0 Å². The highest BCUT2D eigenvalue weighted by molar-refractivity contribution is 4.62. The molecule has 0 heterocycles. The lowest BCUT2D eigenvalue weighted by Crippen LogP contribution is -2.30. The average molecular weight is 248 g/mol. The minimum atomic E-state index is -0.668. The lowest BCUT2D eigenvalue weighted by atomic mass is 10.0. The monoisotopic (exact) mass is 248 g/mol. The quantitative estimate of drug-likeness (QED) is 0.480. The second kappa shape index (κ2) is 7.16. The third-order valence-electron chi connectivity index (χ3n) is 3.07. The van der Waals surface area contributed by atoms with Crippen LogP contribution in [-0.4, -0.2) is 35.1 Å². The first-order valence-electron chi connectivity index (χ1n) is 5.62. The Hall–Kier alpha value is -1.24. The fourth-order valence-corrected chi connectivity index (χ4v) is 1.13. The molecular formula is C10H20N2O5. The highest BCUT2D eigenvalue weighted by atomic mass is 16.6. The van der Waals surface area contributed by atoms with Crippen LogP contribution in [0.2, 0.25) is 0 Å². The summed E-state index contributed by atoms with van der Waals surface area (Å²) in [4.78, 5) is 20.3. The first-order chi connectivity index (χ1) is 7.77. The first-order valence-corrected chi connectivity index (χ1v) is 5.62. The molecule has 0 bridgehead atoms. The Kier molecular flexibility index (Phi) is 6.64. The van der Waals surface area contributed by atoms with Gasteiger partial charge in [-0.2, -0.15) is 0 Å². The van der Waals surface area contributed by atoms with E-state index in [4.69, 9.17) is 4.74 Å². The van der Waals surface area contributed by atoms with Crippen molar-refractivity contribution >= 4 is 0 Å². The summed E-state index contributed by atoms with van der Waals surface area (Å²) in [6.45, 7) is 7.01. The van der Waals surface area contributed by atoms with Crippen molar-refractivity contribution in [1.29, 1.82) is 0 Å². The van der Waals surface area contributed by atoms with Crippen LogP contribution in [0.1, 0.15) is 27.7 Å². The van der Waals surface area contributed by atoms with Gasteiger partial charge in [0.15, 0.2) is 0 Å². The number of nitro groups is 2. The van der Waals surface area contributed by atoms with Gasteiger partial charge in [0.1, 0.15) is 0 Å². The molecule has 0 aliphatic carbocycles. The summed E-state index contributed by atoms with van der Waals surface area (Å²) in [5.41, 5.74) is 0. The number of nitrogens with zero attached hydrogens (tertiary/aromatic N) is 2. The van der Waals surface area contributed by atoms with Crippen LogP contribution in [-0.2, 0) is 4.74 Å². The average Bonchev–Trinajstić information content (AvgIpc) is 2.26. The van der Waals surface area contributed by atoms with E-state index >= 15 is 0 Å². The zero-order valence-electron chi connectivity index (χ0n) is 10.7. The molecule has 0 aromatic carbocycles. The number of ether oxygens (including phenoxy) is 1. The molecule has 100 valence electrons. The van der Waals surface area contributed by atoms with Crippen molar-refractivity contribution in [2.24, 2.45) is 11.8 Å². The summed E-state index contributed by atoms with van der Waals surface area (Å²) in [6, 6.07) is -1.34. The van der Waals surface area contributed by atoms with E-state index in [1.54, 1.807) is 13.8 Å². The zero-order valence-corrected chi connectivity index (χ0v) is 10.7. The van der Waals surface area contributed by atoms with E-state index in [0.29, 0.717) is 0 Å². The summed E-state index contributed by atoms with van der Waals surface area (Å²) < 4.78 is 5.29. The predicted molar refractivity (Wildman–Crippen MR) is 62.1 cm³/mol. The normalized spacial score (nSPS) is 18.1. The smallest absolute Gasteiger partial charge is 0.215 e. The predicted octanol–water partition coefficient (Wildman–Crippen LogP) is 1.61. The third-order valence-corrected chi connectivity index (χ3v) is 3.07. The summed E-state index contributed by atoms with van der Waals surface area (Å²) in [7, 11) is 0. The molecule has 0 rings (SSSR count).